The fourth-order valence-electron chi connectivity index (χ4n) is 0.783. The van der Waals surface area contributed by atoms with Gasteiger partial charge < -0.3 is 5.73 Å². The number of rotatable bonds is 1. The minimum Gasteiger partial charge on any atom is -0.304 e. The maximum absolute atomic E-state index is 5.84. The molecule has 0 unspecified atom stereocenters. The van der Waals surface area contributed by atoms with Gasteiger partial charge in [0.2, 0.25) is 0 Å². The van der Waals surface area contributed by atoms with Gasteiger partial charge in [0, 0.05) is 19.0 Å². The van der Waals surface area contributed by atoms with E-state index in [9.17, 15) is 0 Å². The van der Waals surface area contributed by atoms with Crippen LogP contribution in [0.1, 0.15) is 5.56 Å². The van der Waals surface area contributed by atoms with Crippen molar-refractivity contribution in [2.75, 3.05) is 0 Å². The molecule has 0 radical (unpaired) electrons. The summed E-state index contributed by atoms with van der Waals surface area (Å²) >= 11 is 16.9. The molecule has 0 saturated heterocycles. The molecule has 0 saturated carbocycles. The zero-order chi connectivity index (χ0) is 10.2. The van der Waals surface area contributed by atoms with Crippen molar-refractivity contribution in [2.45, 2.75) is 3.36 Å². The molecule has 13 heavy (non-hydrogen) atoms. The fourth-order valence-corrected chi connectivity index (χ4v) is 3.58. The van der Waals surface area contributed by atoms with Gasteiger partial charge in [-0.3, -0.25) is 0 Å². The van der Waals surface area contributed by atoms with E-state index in [1.807, 2.05) is 12.1 Å². The van der Waals surface area contributed by atoms with E-state index in [0.29, 0.717) is 0 Å². The lowest BCUT2D eigenvalue weighted by Crippen LogP contribution is -2.21. The summed E-state index contributed by atoms with van der Waals surface area (Å²) in [5, 5.41) is 0. The molecule has 0 aliphatic heterocycles. The molecule has 72 valence electrons. The van der Waals surface area contributed by atoms with Gasteiger partial charge in [-0.05, 0) is 53.9 Å². The second-order valence-corrected chi connectivity index (χ2v) is 8.35. The Balaban J connectivity index is 3.35. The van der Waals surface area contributed by atoms with Crippen molar-refractivity contribution >= 4 is 79.6 Å². The Kier molecular flexibility index (Phi) is 4.49. The van der Waals surface area contributed by atoms with Gasteiger partial charge in [0.05, 0.1) is 0 Å². The maximum atomic E-state index is 5.84. The number of hydrogen-bond donors (Lipinski definition) is 1. The molecule has 0 aliphatic carbocycles. The van der Waals surface area contributed by atoms with Crippen LogP contribution in [-0.2, 0) is 3.36 Å². The second kappa shape index (κ2) is 4.61. The van der Waals surface area contributed by atoms with Gasteiger partial charge in [-0.2, -0.15) is 0 Å². The molecule has 1 aromatic rings. The lowest BCUT2D eigenvalue weighted by Gasteiger charge is -2.17. The van der Waals surface area contributed by atoms with Crippen LogP contribution in [0.2, 0.25) is 0 Å². The van der Waals surface area contributed by atoms with E-state index < -0.39 is 3.36 Å². The van der Waals surface area contributed by atoms with E-state index in [4.69, 9.17) is 5.73 Å². The Labute approximate surface area is 118 Å². The van der Waals surface area contributed by atoms with Crippen LogP contribution < -0.4 is 5.73 Å². The molecule has 0 amide bonds. The largest absolute Gasteiger partial charge is 0.304 e. The smallest absolute Gasteiger partial charge is 0.154 e. The Morgan fingerprint density at radius 2 is 1.54 bits per heavy atom. The number of nitrogens with two attached hydrogens (primary N) is 1. The van der Waals surface area contributed by atoms with Gasteiger partial charge in [0.1, 0.15) is 0 Å². The summed E-state index contributed by atoms with van der Waals surface area (Å²) in [5.41, 5.74) is 6.76. The molecular formula is C7H4Br5N. The van der Waals surface area contributed by atoms with Crippen LogP contribution in [0.3, 0.4) is 0 Å². The Hall–Kier alpha value is 1.58. The lowest BCUT2D eigenvalue weighted by molar-refractivity contribution is 0.982. The average Bonchev–Trinajstić information content (AvgIpc) is 1.98. The molecular weight excluding hydrogens is 498 g/mol. The molecule has 1 aromatic carbocycles. The Morgan fingerprint density at radius 3 is 2.00 bits per heavy atom. The van der Waals surface area contributed by atoms with Crippen LogP contribution in [0.15, 0.2) is 25.6 Å². The van der Waals surface area contributed by atoms with Crippen molar-refractivity contribution < 1.29 is 0 Å². The SMILES string of the molecule is NC(Br)(Br)c1ccc(Br)c(Br)c1Br. The highest BCUT2D eigenvalue weighted by atomic mass is 79.9. The van der Waals surface area contributed by atoms with E-state index in [1.54, 1.807) is 0 Å². The summed E-state index contributed by atoms with van der Waals surface area (Å²) in [4.78, 5) is 0. The molecule has 0 aliphatic rings. The summed E-state index contributed by atoms with van der Waals surface area (Å²) < 4.78 is 2.13. The van der Waals surface area contributed by atoms with Crippen LogP contribution in [0.5, 0.6) is 0 Å². The standard InChI is InChI=1S/C7H4Br5N/c8-4-2-1-3(7(11,12)13)5(9)6(4)10/h1-2H,13H2. The van der Waals surface area contributed by atoms with Crippen molar-refractivity contribution in [3.05, 3.63) is 31.1 Å². The van der Waals surface area contributed by atoms with Gasteiger partial charge >= 0.3 is 0 Å². The minimum absolute atomic E-state index is 0.706. The zero-order valence-electron chi connectivity index (χ0n) is 6.12. The van der Waals surface area contributed by atoms with Crippen molar-refractivity contribution in [2.24, 2.45) is 5.73 Å². The first-order chi connectivity index (χ1) is 5.84. The summed E-state index contributed by atoms with van der Waals surface area (Å²) in [6, 6.07) is 3.84. The van der Waals surface area contributed by atoms with Crippen molar-refractivity contribution in [3.63, 3.8) is 0 Å². The third-order valence-electron chi connectivity index (χ3n) is 1.39. The van der Waals surface area contributed by atoms with Gasteiger partial charge in [0.25, 0.3) is 0 Å². The van der Waals surface area contributed by atoms with E-state index in [1.165, 1.54) is 0 Å². The van der Waals surface area contributed by atoms with Gasteiger partial charge in [-0.15, -0.1) is 0 Å². The van der Waals surface area contributed by atoms with Crippen molar-refractivity contribution in [1.82, 2.24) is 0 Å². The quantitative estimate of drug-likeness (QED) is 0.333. The Bertz CT molecular complexity index is 330. The van der Waals surface area contributed by atoms with Crippen LogP contribution in [0.25, 0.3) is 0 Å². The first-order valence-corrected chi connectivity index (χ1v) is 7.11. The van der Waals surface area contributed by atoms with Gasteiger partial charge in [0.15, 0.2) is 3.36 Å². The van der Waals surface area contributed by atoms with Gasteiger partial charge in [-0.25, -0.2) is 0 Å². The topological polar surface area (TPSA) is 26.0 Å². The number of halogens is 5. The molecule has 0 aromatic heterocycles. The monoisotopic (exact) mass is 497 g/mol. The van der Waals surface area contributed by atoms with Crippen LogP contribution >= 0.6 is 79.6 Å². The molecule has 6 heteroatoms. The van der Waals surface area contributed by atoms with E-state index in [-0.39, 0.29) is 0 Å². The van der Waals surface area contributed by atoms with E-state index >= 15 is 0 Å². The van der Waals surface area contributed by atoms with E-state index in [0.717, 1.165) is 19.0 Å². The Morgan fingerprint density at radius 1 is 1.00 bits per heavy atom. The highest BCUT2D eigenvalue weighted by molar-refractivity contribution is 9.24. The zero-order valence-corrected chi connectivity index (χ0v) is 14.1. The number of benzene rings is 1. The highest BCUT2D eigenvalue weighted by Crippen LogP contribution is 2.42. The van der Waals surface area contributed by atoms with Crippen molar-refractivity contribution in [3.8, 4) is 0 Å². The first kappa shape index (κ1) is 12.6. The lowest BCUT2D eigenvalue weighted by atomic mass is 10.2. The van der Waals surface area contributed by atoms with Crippen LogP contribution in [0.4, 0.5) is 0 Å². The molecule has 0 heterocycles. The van der Waals surface area contributed by atoms with Crippen molar-refractivity contribution in [1.29, 1.82) is 0 Å². The molecule has 1 rings (SSSR count). The minimum atomic E-state index is -0.706. The molecule has 0 spiro atoms. The third-order valence-corrected chi connectivity index (χ3v) is 5.62. The second-order valence-electron chi connectivity index (χ2n) is 2.35. The predicted octanol–water partition coefficient (Wildman–Crippen LogP) is 4.83. The third kappa shape index (κ3) is 3.01. The van der Waals surface area contributed by atoms with Gasteiger partial charge in [-0.1, -0.05) is 37.9 Å². The predicted molar refractivity (Wildman–Crippen MR) is 73.3 cm³/mol. The summed E-state index contributed by atoms with van der Waals surface area (Å²) in [6.07, 6.45) is 0. The number of hydrogen-bond acceptors (Lipinski definition) is 1. The first-order valence-electron chi connectivity index (χ1n) is 3.14. The average molecular weight is 502 g/mol. The van der Waals surface area contributed by atoms with Crippen LogP contribution in [0, 0.1) is 0 Å². The maximum Gasteiger partial charge on any atom is 0.154 e. The van der Waals surface area contributed by atoms with Crippen LogP contribution in [-0.4, -0.2) is 0 Å². The molecule has 2 N–H and O–H groups in total. The molecule has 0 atom stereocenters. The van der Waals surface area contributed by atoms with E-state index in [2.05, 4.69) is 79.6 Å². The highest BCUT2D eigenvalue weighted by Gasteiger charge is 2.23. The summed E-state index contributed by atoms with van der Waals surface area (Å²) in [7, 11) is 0. The molecule has 0 fully saturated rings. The molecule has 0 bridgehead atoms. The molecule has 1 nitrogen and oxygen atoms in total. The summed E-state index contributed by atoms with van der Waals surface area (Å²) in [5.74, 6) is 0. The normalized spacial score (nSPS) is 11.8. The number of alkyl halides is 2. The fraction of sp³-hybridized carbons (Fsp3) is 0.143. The summed E-state index contributed by atoms with van der Waals surface area (Å²) in [6.45, 7) is 0.